The van der Waals surface area contributed by atoms with E-state index in [1.165, 1.54) is 0 Å². The second-order valence-corrected chi connectivity index (χ2v) is 5.80. The monoisotopic (exact) mass is 364 g/mol. The van der Waals surface area contributed by atoms with Crippen LogP contribution in [-0.2, 0) is 6.61 Å². The first kappa shape index (κ1) is 16.5. The maximum absolute atomic E-state index is 6.11. The van der Waals surface area contributed by atoms with E-state index in [2.05, 4.69) is 10.3 Å². The highest BCUT2D eigenvalue weighted by Gasteiger charge is 2.11. The Hall–Kier alpha value is -0.870. The predicted octanol–water partition coefficient (Wildman–Crippen LogP) is 5.71. The van der Waals surface area contributed by atoms with Crippen LogP contribution < -0.4 is 10.1 Å². The van der Waals surface area contributed by atoms with Gasteiger partial charge in [-0.05, 0) is 31.2 Å². The van der Waals surface area contributed by atoms with Crippen LogP contribution in [-0.4, -0.2) is 11.5 Å². The van der Waals surface area contributed by atoms with E-state index in [1.54, 1.807) is 24.3 Å². The molecule has 112 valence electrons. The number of hydrogen-bond acceptors (Lipinski definition) is 3. The molecular weight excluding hydrogens is 354 g/mol. The Morgan fingerprint density at radius 1 is 1.05 bits per heavy atom. The topological polar surface area (TPSA) is 34.1 Å². The second-order valence-electron chi connectivity index (χ2n) is 4.14. The zero-order chi connectivity index (χ0) is 15.4. The lowest BCUT2D eigenvalue weighted by molar-refractivity contribution is 0.302. The molecule has 0 unspecified atom stereocenters. The van der Waals surface area contributed by atoms with E-state index in [4.69, 9.17) is 51.1 Å². The summed E-state index contributed by atoms with van der Waals surface area (Å²) >= 11 is 24.1. The predicted molar refractivity (Wildman–Crippen MR) is 89.2 cm³/mol. The SMILES string of the molecule is CCNc1ccc(Cl)c(COc2c(Cl)cc(Cl)cc2Cl)n1. The minimum absolute atomic E-state index is 0.152. The van der Waals surface area contributed by atoms with Crippen molar-refractivity contribution in [1.29, 1.82) is 0 Å². The minimum atomic E-state index is 0.152. The largest absolute Gasteiger partial charge is 0.484 e. The zero-order valence-electron chi connectivity index (χ0n) is 11.1. The van der Waals surface area contributed by atoms with Crippen molar-refractivity contribution in [2.24, 2.45) is 0 Å². The van der Waals surface area contributed by atoms with Crippen LogP contribution in [0.5, 0.6) is 5.75 Å². The number of anilines is 1. The lowest BCUT2D eigenvalue weighted by Gasteiger charge is -2.12. The Morgan fingerprint density at radius 2 is 1.71 bits per heavy atom. The van der Waals surface area contributed by atoms with Crippen LogP contribution in [0.3, 0.4) is 0 Å². The lowest BCUT2D eigenvalue weighted by Crippen LogP contribution is -2.04. The van der Waals surface area contributed by atoms with Gasteiger partial charge in [-0.15, -0.1) is 0 Å². The molecule has 1 N–H and O–H groups in total. The third kappa shape index (κ3) is 4.30. The first-order valence-corrected chi connectivity index (χ1v) is 7.69. The molecule has 0 aliphatic rings. The smallest absolute Gasteiger partial charge is 0.157 e. The number of pyridine rings is 1. The average molecular weight is 366 g/mol. The number of hydrogen-bond donors (Lipinski definition) is 1. The average Bonchev–Trinajstić information content (AvgIpc) is 2.41. The molecule has 0 saturated heterocycles. The molecule has 0 aliphatic carbocycles. The fraction of sp³-hybridized carbons (Fsp3) is 0.214. The van der Waals surface area contributed by atoms with Crippen LogP contribution in [0.25, 0.3) is 0 Å². The lowest BCUT2D eigenvalue weighted by atomic mass is 10.3. The maximum atomic E-state index is 6.11. The van der Waals surface area contributed by atoms with Gasteiger partial charge in [-0.1, -0.05) is 46.4 Å². The molecule has 1 heterocycles. The molecule has 7 heteroatoms. The van der Waals surface area contributed by atoms with Gasteiger partial charge in [0.25, 0.3) is 0 Å². The summed E-state index contributed by atoms with van der Waals surface area (Å²) < 4.78 is 5.63. The number of ether oxygens (including phenoxy) is 1. The maximum Gasteiger partial charge on any atom is 0.157 e. The van der Waals surface area contributed by atoms with Gasteiger partial charge in [-0.2, -0.15) is 0 Å². The Morgan fingerprint density at radius 3 is 2.33 bits per heavy atom. The van der Waals surface area contributed by atoms with Crippen molar-refractivity contribution in [3.63, 3.8) is 0 Å². The Labute approximate surface area is 143 Å². The van der Waals surface area contributed by atoms with Crippen LogP contribution in [0.1, 0.15) is 12.6 Å². The van der Waals surface area contributed by atoms with E-state index in [1.807, 2.05) is 6.92 Å². The minimum Gasteiger partial charge on any atom is -0.484 e. The molecule has 2 rings (SSSR count). The van der Waals surface area contributed by atoms with Crippen LogP contribution in [0, 0.1) is 0 Å². The summed E-state index contributed by atoms with van der Waals surface area (Å²) in [6.07, 6.45) is 0. The van der Waals surface area contributed by atoms with Gasteiger partial charge < -0.3 is 10.1 Å². The first-order chi connectivity index (χ1) is 10.0. The fourth-order valence-corrected chi connectivity index (χ4v) is 2.76. The van der Waals surface area contributed by atoms with Crippen molar-refractivity contribution < 1.29 is 4.74 Å². The van der Waals surface area contributed by atoms with Gasteiger partial charge in [0.1, 0.15) is 12.4 Å². The highest BCUT2D eigenvalue weighted by molar-refractivity contribution is 6.40. The summed E-state index contributed by atoms with van der Waals surface area (Å²) in [4.78, 5) is 4.37. The van der Waals surface area contributed by atoms with E-state index < -0.39 is 0 Å². The van der Waals surface area contributed by atoms with Crippen LogP contribution >= 0.6 is 46.4 Å². The van der Waals surface area contributed by atoms with Crippen molar-refractivity contribution in [3.05, 3.63) is 50.0 Å². The van der Waals surface area contributed by atoms with E-state index in [9.17, 15) is 0 Å². The molecule has 0 bridgehead atoms. The van der Waals surface area contributed by atoms with E-state index in [0.717, 1.165) is 12.4 Å². The van der Waals surface area contributed by atoms with E-state index >= 15 is 0 Å². The molecule has 3 nitrogen and oxygen atoms in total. The fourth-order valence-electron chi connectivity index (χ4n) is 1.67. The van der Waals surface area contributed by atoms with Gasteiger partial charge >= 0.3 is 0 Å². The van der Waals surface area contributed by atoms with E-state index in [-0.39, 0.29) is 6.61 Å². The Bertz CT molecular complexity index is 626. The van der Waals surface area contributed by atoms with Crippen molar-refractivity contribution in [2.75, 3.05) is 11.9 Å². The molecule has 0 aliphatic heterocycles. The third-order valence-electron chi connectivity index (χ3n) is 2.59. The van der Waals surface area contributed by atoms with Gasteiger partial charge in [0.15, 0.2) is 5.75 Å². The number of aromatic nitrogens is 1. The highest BCUT2D eigenvalue weighted by Crippen LogP contribution is 2.36. The van der Waals surface area contributed by atoms with Crippen LogP contribution in [0.4, 0.5) is 5.82 Å². The third-order valence-corrected chi connectivity index (χ3v) is 3.72. The summed E-state index contributed by atoms with van der Waals surface area (Å²) in [7, 11) is 0. The summed E-state index contributed by atoms with van der Waals surface area (Å²) in [6, 6.07) is 6.69. The summed E-state index contributed by atoms with van der Waals surface area (Å²) in [5.41, 5.74) is 0.595. The number of nitrogens with one attached hydrogen (secondary N) is 1. The van der Waals surface area contributed by atoms with Gasteiger partial charge in [-0.25, -0.2) is 4.98 Å². The van der Waals surface area contributed by atoms with Gasteiger partial charge in [0.2, 0.25) is 0 Å². The quantitative estimate of drug-likeness (QED) is 0.737. The van der Waals surface area contributed by atoms with Gasteiger partial charge in [0.05, 0.1) is 20.8 Å². The van der Waals surface area contributed by atoms with E-state index in [0.29, 0.717) is 31.5 Å². The standard InChI is InChI=1S/C14H12Cl4N2O/c1-2-19-13-4-3-9(16)12(20-13)7-21-14-10(17)5-8(15)6-11(14)18/h3-6H,2,7H2,1H3,(H,19,20). The molecule has 1 aromatic heterocycles. The number of benzene rings is 1. The van der Waals surface area contributed by atoms with Crippen molar-refractivity contribution in [3.8, 4) is 5.75 Å². The molecule has 0 spiro atoms. The normalized spacial score (nSPS) is 10.5. The molecule has 1 aromatic carbocycles. The molecule has 0 radical (unpaired) electrons. The van der Waals surface area contributed by atoms with Crippen LogP contribution in [0.2, 0.25) is 20.1 Å². The number of halogens is 4. The summed E-state index contributed by atoms with van der Waals surface area (Å²) in [5, 5.41) is 4.75. The molecule has 21 heavy (non-hydrogen) atoms. The summed E-state index contributed by atoms with van der Waals surface area (Å²) in [5.74, 6) is 1.09. The second kappa shape index (κ2) is 7.41. The molecule has 0 fully saturated rings. The number of rotatable bonds is 5. The molecule has 0 saturated carbocycles. The van der Waals surface area contributed by atoms with Gasteiger partial charge in [0, 0.05) is 11.6 Å². The molecule has 0 atom stereocenters. The number of nitrogens with zero attached hydrogens (tertiary/aromatic N) is 1. The zero-order valence-corrected chi connectivity index (χ0v) is 14.1. The highest BCUT2D eigenvalue weighted by atomic mass is 35.5. The van der Waals surface area contributed by atoms with Crippen molar-refractivity contribution in [1.82, 2.24) is 4.98 Å². The Balaban J connectivity index is 2.18. The molecule has 0 amide bonds. The van der Waals surface area contributed by atoms with Crippen LogP contribution in [0.15, 0.2) is 24.3 Å². The van der Waals surface area contributed by atoms with Gasteiger partial charge in [-0.3, -0.25) is 0 Å². The summed E-state index contributed by atoms with van der Waals surface area (Å²) in [6.45, 7) is 2.91. The Kier molecular flexibility index (Phi) is 5.82. The first-order valence-electron chi connectivity index (χ1n) is 6.18. The van der Waals surface area contributed by atoms with Crippen molar-refractivity contribution in [2.45, 2.75) is 13.5 Å². The molecular formula is C14H12Cl4N2O. The van der Waals surface area contributed by atoms with Crippen molar-refractivity contribution >= 4 is 52.2 Å². The molecule has 2 aromatic rings.